The van der Waals surface area contributed by atoms with Gasteiger partial charge >= 0.3 is 0 Å². The van der Waals surface area contributed by atoms with Gasteiger partial charge in [-0.05, 0) is 30.2 Å². The van der Waals surface area contributed by atoms with Crippen molar-refractivity contribution in [3.63, 3.8) is 0 Å². The third-order valence-corrected chi connectivity index (χ3v) is 6.86. The molecule has 19 heavy (non-hydrogen) atoms. The molecule has 3 unspecified atom stereocenters. The van der Waals surface area contributed by atoms with Crippen LogP contribution in [0.25, 0.3) is 0 Å². The monoisotopic (exact) mass is 317 g/mol. The largest absolute Gasteiger partial charge is 0.496 e. The van der Waals surface area contributed by atoms with Gasteiger partial charge in [-0.3, -0.25) is 0 Å². The van der Waals surface area contributed by atoms with Crippen LogP contribution < -0.4 is 10.5 Å². The Morgan fingerprint density at radius 2 is 2.16 bits per heavy atom. The second-order valence-corrected chi connectivity index (χ2v) is 7.94. The highest BCUT2D eigenvalue weighted by Gasteiger charge is 2.28. The van der Waals surface area contributed by atoms with E-state index < -0.39 is 0 Å². The van der Waals surface area contributed by atoms with Crippen LogP contribution in [-0.4, -0.2) is 35.2 Å². The van der Waals surface area contributed by atoms with E-state index in [-0.39, 0.29) is 6.04 Å². The smallest absolute Gasteiger partial charge is 0.122 e. The lowest BCUT2D eigenvalue weighted by atomic mass is 10.0. The zero-order valence-corrected chi connectivity index (χ0v) is 13.7. The van der Waals surface area contributed by atoms with Crippen molar-refractivity contribution in [1.29, 1.82) is 0 Å². The van der Waals surface area contributed by atoms with E-state index in [1.54, 1.807) is 7.11 Å². The third kappa shape index (κ3) is 3.97. The number of ether oxygens (including phenoxy) is 1. The van der Waals surface area contributed by atoms with Crippen molar-refractivity contribution in [3.8, 4) is 5.75 Å². The average molecular weight is 318 g/mol. The molecular weight excluding hydrogens is 298 g/mol. The van der Waals surface area contributed by atoms with Crippen LogP contribution in [0.5, 0.6) is 5.75 Å². The molecule has 2 rings (SSSR count). The summed E-state index contributed by atoms with van der Waals surface area (Å²) in [5.41, 5.74) is 7.51. The van der Waals surface area contributed by atoms with E-state index in [4.69, 9.17) is 22.1 Å². The normalized spacial score (nSPS) is 25.1. The molecule has 2 N–H and O–H groups in total. The van der Waals surface area contributed by atoms with Gasteiger partial charge in [-0.2, -0.15) is 23.5 Å². The van der Waals surface area contributed by atoms with Crippen molar-refractivity contribution in [3.05, 3.63) is 28.8 Å². The summed E-state index contributed by atoms with van der Waals surface area (Å²) in [6, 6.07) is 5.87. The van der Waals surface area contributed by atoms with Gasteiger partial charge in [0.05, 0.1) is 7.11 Å². The lowest BCUT2D eigenvalue weighted by molar-refractivity contribution is 0.407. The van der Waals surface area contributed by atoms with Crippen LogP contribution in [-0.2, 0) is 6.42 Å². The van der Waals surface area contributed by atoms with Gasteiger partial charge in [-0.25, -0.2) is 0 Å². The molecule has 1 aliphatic heterocycles. The van der Waals surface area contributed by atoms with Gasteiger partial charge in [0.1, 0.15) is 5.75 Å². The Morgan fingerprint density at radius 3 is 2.84 bits per heavy atom. The SMILES string of the molecule is COc1ccc(Cl)cc1CC(N)C1SCCSC1C. The van der Waals surface area contributed by atoms with Gasteiger partial charge in [-0.1, -0.05) is 18.5 Å². The lowest BCUT2D eigenvalue weighted by Crippen LogP contribution is -2.42. The van der Waals surface area contributed by atoms with Crippen LogP contribution >= 0.6 is 35.1 Å². The first-order chi connectivity index (χ1) is 9.11. The lowest BCUT2D eigenvalue weighted by Gasteiger charge is -2.32. The summed E-state index contributed by atoms with van der Waals surface area (Å²) in [7, 11) is 1.69. The molecule has 106 valence electrons. The maximum Gasteiger partial charge on any atom is 0.122 e. The number of hydrogen-bond donors (Lipinski definition) is 1. The summed E-state index contributed by atoms with van der Waals surface area (Å²) in [4.78, 5) is 0. The molecule has 1 aromatic carbocycles. The average Bonchev–Trinajstić information content (AvgIpc) is 2.39. The van der Waals surface area contributed by atoms with Crippen LogP contribution in [0.1, 0.15) is 12.5 Å². The summed E-state index contributed by atoms with van der Waals surface area (Å²) in [6.07, 6.45) is 0.812. The molecule has 0 aliphatic carbocycles. The highest BCUT2D eigenvalue weighted by atomic mass is 35.5. The summed E-state index contributed by atoms with van der Waals surface area (Å²) >= 11 is 10.1. The van der Waals surface area contributed by atoms with Gasteiger partial charge in [0, 0.05) is 33.1 Å². The van der Waals surface area contributed by atoms with Crippen LogP contribution in [0, 0.1) is 0 Å². The Hall–Kier alpha value is -0.0300. The molecule has 3 atom stereocenters. The van der Waals surface area contributed by atoms with Gasteiger partial charge < -0.3 is 10.5 Å². The highest BCUT2D eigenvalue weighted by molar-refractivity contribution is 8.07. The Balaban J connectivity index is 2.09. The molecule has 1 saturated heterocycles. The second-order valence-electron chi connectivity index (χ2n) is 4.74. The van der Waals surface area contributed by atoms with Crippen molar-refractivity contribution in [1.82, 2.24) is 0 Å². The standard InChI is InChI=1S/C14H20ClNOS2/c1-9-14(19-6-5-18-9)12(16)8-10-7-11(15)3-4-13(10)17-2/h3-4,7,9,12,14H,5-6,8,16H2,1-2H3. The molecule has 0 saturated carbocycles. The molecule has 1 aromatic rings. The van der Waals surface area contributed by atoms with E-state index in [0.29, 0.717) is 10.5 Å². The highest BCUT2D eigenvalue weighted by Crippen LogP contribution is 2.34. The summed E-state index contributed by atoms with van der Waals surface area (Å²) in [5.74, 6) is 3.30. The van der Waals surface area contributed by atoms with Crippen molar-refractivity contribution < 1.29 is 4.74 Å². The van der Waals surface area contributed by atoms with Crippen LogP contribution in [0.3, 0.4) is 0 Å². The zero-order valence-electron chi connectivity index (χ0n) is 11.3. The van der Waals surface area contributed by atoms with Crippen LogP contribution in [0.15, 0.2) is 18.2 Å². The summed E-state index contributed by atoms with van der Waals surface area (Å²) in [6.45, 7) is 2.27. The van der Waals surface area contributed by atoms with E-state index in [0.717, 1.165) is 22.8 Å². The fourth-order valence-corrected chi connectivity index (χ4v) is 5.48. The number of halogens is 1. The van der Waals surface area contributed by atoms with Gasteiger partial charge in [0.2, 0.25) is 0 Å². The topological polar surface area (TPSA) is 35.2 Å². The van der Waals surface area contributed by atoms with Crippen molar-refractivity contribution in [2.45, 2.75) is 29.9 Å². The van der Waals surface area contributed by atoms with Crippen molar-refractivity contribution in [2.24, 2.45) is 5.73 Å². The first kappa shape index (κ1) is 15.4. The fourth-order valence-electron chi connectivity index (χ4n) is 2.40. The molecule has 5 heteroatoms. The maximum atomic E-state index is 6.41. The van der Waals surface area contributed by atoms with Crippen LogP contribution in [0.4, 0.5) is 0 Å². The maximum absolute atomic E-state index is 6.41. The first-order valence-electron chi connectivity index (χ1n) is 6.43. The summed E-state index contributed by atoms with van der Waals surface area (Å²) in [5, 5.41) is 1.85. The Morgan fingerprint density at radius 1 is 1.42 bits per heavy atom. The van der Waals surface area contributed by atoms with E-state index in [9.17, 15) is 0 Å². The first-order valence-corrected chi connectivity index (χ1v) is 8.90. The Labute approximate surface area is 128 Å². The van der Waals surface area contributed by atoms with Gasteiger partial charge in [0.15, 0.2) is 0 Å². The predicted octanol–water partition coefficient (Wildman–Crippen LogP) is 3.46. The van der Waals surface area contributed by atoms with Gasteiger partial charge in [-0.15, -0.1) is 0 Å². The molecule has 1 heterocycles. The molecule has 1 aliphatic rings. The molecular formula is C14H20ClNOS2. The van der Waals surface area contributed by atoms with E-state index in [2.05, 4.69) is 6.92 Å². The minimum absolute atomic E-state index is 0.139. The fraction of sp³-hybridized carbons (Fsp3) is 0.571. The van der Waals surface area contributed by atoms with E-state index in [1.165, 1.54) is 11.5 Å². The van der Waals surface area contributed by atoms with E-state index in [1.807, 2.05) is 41.7 Å². The molecule has 0 radical (unpaired) electrons. The number of thioether (sulfide) groups is 2. The second kappa shape index (κ2) is 7.11. The number of benzene rings is 1. The summed E-state index contributed by atoms with van der Waals surface area (Å²) < 4.78 is 5.39. The molecule has 0 amide bonds. The number of hydrogen-bond acceptors (Lipinski definition) is 4. The van der Waals surface area contributed by atoms with Crippen molar-refractivity contribution in [2.75, 3.05) is 18.6 Å². The number of rotatable bonds is 4. The molecule has 0 bridgehead atoms. The predicted molar refractivity (Wildman–Crippen MR) is 87.8 cm³/mol. The number of methoxy groups -OCH3 is 1. The number of nitrogens with two attached hydrogens (primary N) is 1. The third-order valence-electron chi connectivity index (χ3n) is 3.36. The minimum atomic E-state index is 0.139. The van der Waals surface area contributed by atoms with E-state index >= 15 is 0 Å². The molecule has 2 nitrogen and oxygen atoms in total. The van der Waals surface area contributed by atoms with Crippen molar-refractivity contribution >= 4 is 35.1 Å². The molecule has 1 fully saturated rings. The van der Waals surface area contributed by atoms with Gasteiger partial charge in [0.25, 0.3) is 0 Å². The Kier molecular flexibility index (Phi) is 5.75. The quantitative estimate of drug-likeness (QED) is 0.922. The van der Waals surface area contributed by atoms with Crippen LogP contribution in [0.2, 0.25) is 5.02 Å². The minimum Gasteiger partial charge on any atom is -0.496 e. The molecule has 0 aromatic heterocycles. The molecule has 0 spiro atoms. The Bertz CT molecular complexity index is 430. The zero-order chi connectivity index (χ0) is 13.8.